The van der Waals surface area contributed by atoms with Crippen molar-refractivity contribution in [3.05, 3.63) is 0 Å². The van der Waals surface area contributed by atoms with Crippen LogP contribution in [0.3, 0.4) is 0 Å². The van der Waals surface area contributed by atoms with E-state index in [1.807, 2.05) is 0 Å². The van der Waals surface area contributed by atoms with Crippen LogP contribution in [0, 0.1) is 18.3 Å². The van der Waals surface area contributed by atoms with E-state index in [1.165, 1.54) is 32.1 Å². The van der Waals surface area contributed by atoms with Crippen LogP contribution in [0.2, 0.25) is 0 Å². The summed E-state index contributed by atoms with van der Waals surface area (Å²) in [4.78, 5) is 0. The monoisotopic (exact) mass is 184 g/mol. The molecule has 1 fully saturated rings. The van der Waals surface area contributed by atoms with E-state index in [1.54, 1.807) is 0 Å². The summed E-state index contributed by atoms with van der Waals surface area (Å²) in [7, 11) is -0.754. The van der Waals surface area contributed by atoms with E-state index in [0.29, 0.717) is 11.7 Å². The van der Waals surface area contributed by atoms with Crippen LogP contribution in [-0.2, 0) is 10.8 Å². The van der Waals surface area contributed by atoms with E-state index in [4.69, 9.17) is 6.42 Å². The van der Waals surface area contributed by atoms with Crippen molar-refractivity contribution in [2.75, 3.05) is 11.5 Å². The summed E-state index contributed by atoms with van der Waals surface area (Å²) in [5.41, 5.74) is 0. The highest BCUT2D eigenvalue weighted by atomic mass is 32.2. The van der Waals surface area contributed by atoms with E-state index < -0.39 is 10.8 Å². The molecule has 0 aromatic heterocycles. The molecule has 1 atom stereocenters. The van der Waals surface area contributed by atoms with Gasteiger partial charge in [0, 0.05) is 16.6 Å². The Hall–Kier alpha value is -0.290. The number of terminal acetylenes is 1. The molecule has 1 nitrogen and oxygen atoms in total. The molecule has 2 heteroatoms. The van der Waals surface area contributed by atoms with Crippen molar-refractivity contribution in [3.63, 3.8) is 0 Å². The van der Waals surface area contributed by atoms with Crippen LogP contribution >= 0.6 is 0 Å². The molecule has 1 unspecified atom stereocenters. The highest BCUT2D eigenvalue weighted by Gasteiger charge is 2.15. The fraction of sp³-hybridized carbons (Fsp3) is 0.800. The molecule has 12 heavy (non-hydrogen) atoms. The van der Waals surface area contributed by atoms with E-state index >= 15 is 0 Å². The van der Waals surface area contributed by atoms with Gasteiger partial charge in [-0.1, -0.05) is 25.2 Å². The summed E-state index contributed by atoms with van der Waals surface area (Å²) in [6.45, 7) is 0. The van der Waals surface area contributed by atoms with E-state index in [9.17, 15) is 4.21 Å². The molecule has 1 saturated carbocycles. The van der Waals surface area contributed by atoms with Crippen molar-refractivity contribution < 1.29 is 4.21 Å². The fourth-order valence-corrected chi connectivity index (χ4v) is 2.93. The van der Waals surface area contributed by atoms with Crippen LogP contribution in [-0.4, -0.2) is 15.7 Å². The van der Waals surface area contributed by atoms with Crippen molar-refractivity contribution >= 4 is 10.8 Å². The number of hydrogen-bond donors (Lipinski definition) is 0. The highest BCUT2D eigenvalue weighted by molar-refractivity contribution is 7.85. The van der Waals surface area contributed by atoms with Gasteiger partial charge in [-0.15, -0.1) is 6.42 Å². The maximum atomic E-state index is 11.3. The van der Waals surface area contributed by atoms with Crippen molar-refractivity contribution in [1.29, 1.82) is 0 Å². The fourth-order valence-electron chi connectivity index (χ4n) is 1.77. The van der Waals surface area contributed by atoms with Gasteiger partial charge < -0.3 is 0 Å². The molecule has 0 spiro atoms. The van der Waals surface area contributed by atoms with Crippen LogP contribution in [0.15, 0.2) is 0 Å². The highest BCUT2D eigenvalue weighted by Crippen LogP contribution is 2.24. The molecule has 0 amide bonds. The third kappa shape index (κ3) is 3.40. The topological polar surface area (TPSA) is 17.1 Å². The summed E-state index contributed by atoms with van der Waals surface area (Å²) in [5.74, 6) is 4.42. The summed E-state index contributed by atoms with van der Waals surface area (Å²) >= 11 is 0. The van der Waals surface area contributed by atoms with Gasteiger partial charge >= 0.3 is 0 Å². The minimum atomic E-state index is -0.754. The number of hydrogen-bond acceptors (Lipinski definition) is 1. The minimum absolute atomic E-state index is 0.441. The Balaban J connectivity index is 2.21. The molecule has 0 radical (unpaired) electrons. The second-order valence-corrected chi connectivity index (χ2v) is 4.96. The molecule has 0 heterocycles. The Morgan fingerprint density at radius 2 is 2.00 bits per heavy atom. The molecule has 1 aliphatic carbocycles. The second-order valence-electron chi connectivity index (χ2n) is 3.46. The quantitative estimate of drug-likeness (QED) is 0.613. The first-order chi connectivity index (χ1) is 5.83. The van der Waals surface area contributed by atoms with Crippen molar-refractivity contribution in [3.8, 4) is 12.3 Å². The van der Waals surface area contributed by atoms with Gasteiger partial charge in [0.2, 0.25) is 0 Å². The van der Waals surface area contributed by atoms with E-state index in [2.05, 4.69) is 5.92 Å². The lowest BCUT2D eigenvalue weighted by Gasteiger charge is -2.20. The summed E-state index contributed by atoms with van der Waals surface area (Å²) in [6.07, 6.45) is 11.6. The van der Waals surface area contributed by atoms with Gasteiger partial charge in [0.25, 0.3) is 0 Å². The molecule has 0 aromatic rings. The minimum Gasteiger partial charge on any atom is -0.259 e. The average Bonchev–Trinajstić information content (AvgIpc) is 2.06. The molecule has 0 aromatic carbocycles. The van der Waals surface area contributed by atoms with E-state index in [0.717, 1.165) is 5.75 Å². The SMILES string of the molecule is C#CCS(=O)CC1CCCCC1. The van der Waals surface area contributed by atoms with Crippen LogP contribution in [0.5, 0.6) is 0 Å². The molecule has 0 saturated heterocycles. The summed E-state index contributed by atoms with van der Waals surface area (Å²) in [6, 6.07) is 0. The van der Waals surface area contributed by atoms with Gasteiger partial charge in [0.05, 0.1) is 5.75 Å². The third-order valence-electron chi connectivity index (χ3n) is 2.39. The summed E-state index contributed by atoms with van der Waals surface area (Å²) < 4.78 is 11.3. The van der Waals surface area contributed by atoms with Gasteiger partial charge in [-0.05, 0) is 18.8 Å². The van der Waals surface area contributed by atoms with Gasteiger partial charge in [0.15, 0.2) is 0 Å². The zero-order valence-electron chi connectivity index (χ0n) is 7.42. The molecule has 0 N–H and O–H groups in total. The predicted octanol–water partition coefficient (Wildman–Crippen LogP) is 1.95. The largest absolute Gasteiger partial charge is 0.259 e. The molecule has 0 bridgehead atoms. The zero-order chi connectivity index (χ0) is 8.81. The van der Waals surface area contributed by atoms with Crippen molar-refractivity contribution in [2.24, 2.45) is 5.92 Å². The second kappa shape index (κ2) is 5.37. The normalized spacial score (nSPS) is 21.6. The maximum absolute atomic E-state index is 11.3. The molecule has 1 aliphatic rings. The lowest BCUT2D eigenvalue weighted by atomic mass is 9.91. The Bertz CT molecular complexity index is 187. The van der Waals surface area contributed by atoms with Gasteiger partial charge in [0.1, 0.15) is 0 Å². The lowest BCUT2D eigenvalue weighted by Crippen LogP contribution is -2.15. The Kier molecular flexibility index (Phi) is 4.39. The standard InChI is InChI=1S/C10H16OS/c1-2-8-12(11)9-10-6-4-3-5-7-10/h1,10H,3-9H2. The molecular formula is C10H16OS. The first-order valence-corrected chi connectivity index (χ1v) is 6.10. The Labute approximate surface area is 77.4 Å². The van der Waals surface area contributed by atoms with Crippen molar-refractivity contribution in [2.45, 2.75) is 32.1 Å². The van der Waals surface area contributed by atoms with Crippen LogP contribution in [0.4, 0.5) is 0 Å². The first-order valence-electron chi connectivity index (χ1n) is 4.61. The zero-order valence-corrected chi connectivity index (χ0v) is 8.24. The molecule has 0 aliphatic heterocycles. The molecule has 1 rings (SSSR count). The Morgan fingerprint density at radius 3 is 2.58 bits per heavy atom. The van der Waals surface area contributed by atoms with Crippen LogP contribution < -0.4 is 0 Å². The Morgan fingerprint density at radius 1 is 1.33 bits per heavy atom. The average molecular weight is 184 g/mol. The maximum Gasteiger partial charge on any atom is 0.0844 e. The third-order valence-corrected chi connectivity index (χ3v) is 3.72. The van der Waals surface area contributed by atoms with Crippen LogP contribution in [0.25, 0.3) is 0 Å². The van der Waals surface area contributed by atoms with Crippen LogP contribution in [0.1, 0.15) is 32.1 Å². The smallest absolute Gasteiger partial charge is 0.0844 e. The molecule has 68 valence electrons. The summed E-state index contributed by atoms with van der Waals surface area (Å²) in [5, 5.41) is 0. The molecular weight excluding hydrogens is 168 g/mol. The number of rotatable bonds is 3. The van der Waals surface area contributed by atoms with Gasteiger partial charge in [-0.25, -0.2) is 0 Å². The van der Waals surface area contributed by atoms with Gasteiger partial charge in [-0.2, -0.15) is 0 Å². The van der Waals surface area contributed by atoms with Crippen molar-refractivity contribution in [1.82, 2.24) is 0 Å². The van der Waals surface area contributed by atoms with E-state index in [-0.39, 0.29) is 0 Å². The first kappa shape index (κ1) is 9.80. The van der Waals surface area contributed by atoms with Gasteiger partial charge in [-0.3, -0.25) is 4.21 Å². The lowest BCUT2D eigenvalue weighted by molar-refractivity contribution is 0.388. The predicted molar refractivity (Wildman–Crippen MR) is 53.3 cm³/mol.